The molecular weight excluding hydrogens is 232 g/mol. The Morgan fingerprint density at radius 2 is 2.17 bits per heavy atom. The maximum atomic E-state index is 10.7. The number of hydrogen-bond acceptors (Lipinski definition) is 4. The number of nitro groups is 1. The minimum absolute atomic E-state index is 0.0831. The topological polar surface area (TPSA) is 64.2 Å². The van der Waals surface area contributed by atoms with Gasteiger partial charge in [0.25, 0.3) is 5.69 Å². The van der Waals surface area contributed by atoms with E-state index in [0.29, 0.717) is 5.52 Å². The highest BCUT2D eigenvalue weighted by atomic mass is 16.6. The Kier molecular flexibility index (Phi) is 3.29. The number of aryl methyl sites for hydroxylation is 1. The highest BCUT2D eigenvalue weighted by Crippen LogP contribution is 2.21. The van der Waals surface area contributed by atoms with E-state index < -0.39 is 4.92 Å². The second kappa shape index (κ2) is 4.73. The van der Waals surface area contributed by atoms with Crippen LogP contribution in [0.15, 0.2) is 18.2 Å². The molecule has 6 heteroatoms. The van der Waals surface area contributed by atoms with Crippen molar-refractivity contribution in [3.8, 4) is 0 Å². The number of rotatable bonds is 4. The Balaban J connectivity index is 2.42. The van der Waals surface area contributed by atoms with E-state index in [0.717, 1.165) is 24.4 Å². The van der Waals surface area contributed by atoms with Crippen LogP contribution in [0.2, 0.25) is 0 Å². The second-order valence-corrected chi connectivity index (χ2v) is 4.54. The van der Waals surface area contributed by atoms with Gasteiger partial charge in [0.15, 0.2) is 0 Å². The van der Waals surface area contributed by atoms with Crippen molar-refractivity contribution < 1.29 is 4.92 Å². The summed E-state index contributed by atoms with van der Waals surface area (Å²) in [6, 6.07) is 4.81. The molecule has 0 N–H and O–H groups in total. The number of benzene rings is 1. The van der Waals surface area contributed by atoms with Gasteiger partial charge in [0.05, 0.1) is 16.0 Å². The third kappa shape index (κ3) is 2.33. The second-order valence-electron chi connectivity index (χ2n) is 4.54. The van der Waals surface area contributed by atoms with Crippen molar-refractivity contribution in [1.29, 1.82) is 0 Å². The highest BCUT2D eigenvalue weighted by molar-refractivity contribution is 5.78. The molecule has 0 saturated heterocycles. The summed E-state index contributed by atoms with van der Waals surface area (Å²) in [5.74, 6) is 0.882. The molecule has 2 aromatic rings. The van der Waals surface area contributed by atoms with Gasteiger partial charge in [-0.15, -0.1) is 0 Å². The fourth-order valence-corrected chi connectivity index (χ4v) is 1.93. The molecule has 1 aromatic carbocycles. The average molecular weight is 248 g/mol. The first-order valence-corrected chi connectivity index (χ1v) is 5.75. The van der Waals surface area contributed by atoms with Crippen molar-refractivity contribution >= 4 is 16.7 Å². The standard InChI is InChI=1S/C12H16N4O2/c1-9-13-11-8-10(16(17)18)4-5-12(11)15(9)7-6-14(2)3/h4-5,8H,6-7H2,1-3H3. The molecule has 0 aliphatic rings. The first-order chi connectivity index (χ1) is 8.49. The van der Waals surface area contributed by atoms with Crippen molar-refractivity contribution in [1.82, 2.24) is 14.5 Å². The zero-order valence-electron chi connectivity index (χ0n) is 10.8. The molecule has 0 fully saturated rings. The van der Waals surface area contributed by atoms with Crippen molar-refractivity contribution in [2.45, 2.75) is 13.5 Å². The van der Waals surface area contributed by atoms with E-state index in [1.54, 1.807) is 6.07 Å². The SMILES string of the molecule is Cc1nc2cc([N+](=O)[O-])ccc2n1CCN(C)C. The van der Waals surface area contributed by atoms with E-state index in [2.05, 4.69) is 14.5 Å². The molecule has 1 aromatic heterocycles. The molecule has 0 aliphatic heterocycles. The normalized spacial score (nSPS) is 11.3. The lowest BCUT2D eigenvalue weighted by Gasteiger charge is -2.11. The number of nitrogens with zero attached hydrogens (tertiary/aromatic N) is 4. The third-order valence-corrected chi connectivity index (χ3v) is 2.90. The van der Waals surface area contributed by atoms with E-state index in [-0.39, 0.29) is 5.69 Å². The number of aromatic nitrogens is 2. The number of imidazole rings is 1. The van der Waals surface area contributed by atoms with E-state index >= 15 is 0 Å². The summed E-state index contributed by atoms with van der Waals surface area (Å²) in [5.41, 5.74) is 1.71. The number of fused-ring (bicyclic) bond motifs is 1. The van der Waals surface area contributed by atoms with Crippen LogP contribution >= 0.6 is 0 Å². The van der Waals surface area contributed by atoms with Crippen molar-refractivity contribution in [3.63, 3.8) is 0 Å². The summed E-state index contributed by atoms with van der Waals surface area (Å²) in [6.07, 6.45) is 0. The van der Waals surface area contributed by atoms with Gasteiger partial charge < -0.3 is 9.47 Å². The molecule has 2 rings (SSSR count). The number of likely N-dealkylation sites (N-methyl/N-ethyl adjacent to an activating group) is 1. The molecule has 0 radical (unpaired) electrons. The lowest BCUT2D eigenvalue weighted by atomic mass is 10.3. The fraction of sp³-hybridized carbons (Fsp3) is 0.417. The smallest absolute Gasteiger partial charge is 0.271 e. The molecule has 0 aliphatic carbocycles. The Hall–Kier alpha value is -1.95. The van der Waals surface area contributed by atoms with Gasteiger partial charge in [0.2, 0.25) is 0 Å². The van der Waals surface area contributed by atoms with Gasteiger partial charge in [0.1, 0.15) is 5.82 Å². The van der Waals surface area contributed by atoms with E-state index in [9.17, 15) is 10.1 Å². The van der Waals surface area contributed by atoms with Gasteiger partial charge in [-0.25, -0.2) is 4.98 Å². The summed E-state index contributed by atoms with van der Waals surface area (Å²) in [5, 5.41) is 10.7. The highest BCUT2D eigenvalue weighted by Gasteiger charge is 2.12. The van der Waals surface area contributed by atoms with Crippen LogP contribution in [0.5, 0.6) is 0 Å². The predicted molar refractivity (Wildman–Crippen MR) is 69.7 cm³/mol. The van der Waals surface area contributed by atoms with Crippen LogP contribution in [0, 0.1) is 17.0 Å². The van der Waals surface area contributed by atoms with Gasteiger partial charge in [-0.2, -0.15) is 0 Å². The predicted octanol–water partition coefficient (Wildman–Crippen LogP) is 1.81. The minimum Gasteiger partial charge on any atom is -0.327 e. The molecule has 6 nitrogen and oxygen atoms in total. The van der Waals surface area contributed by atoms with Gasteiger partial charge in [-0.3, -0.25) is 10.1 Å². The number of nitro benzene ring substituents is 1. The molecular formula is C12H16N4O2. The zero-order chi connectivity index (χ0) is 13.3. The third-order valence-electron chi connectivity index (χ3n) is 2.90. The van der Waals surface area contributed by atoms with Gasteiger partial charge in [-0.05, 0) is 27.1 Å². The molecule has 0 atom stereocenters. The van der Waals surface area contributed by atoms with E-state index in [4.69, 9.17) is 0 Å². The molecule has 1 heterocycles. The van der Waals surface area contributed by atoms with Gasteiger partial charge in [-0.1, -0.05) is 0 Å². The van der Waals surface area contributed by atoms with Crippen LogP contribution in [0.25, 0.3) is 11.0 Å². The maximum Gasteiger partial charge on any atom is 0.271 e. The van der Waals surface area contributed by atoms with Crippen LogP contribution in [-0.2, 0) is 6.54 Å². The summed E-state index contributed by atoms with van der Waals surface area (Å²) >= 11 is 0. The van der Waals surface area contributed by atoms with Crippen molar-refractivity contribution in [2.75, 3.05) is 20.6 Å². The van der Waals surface area contributed by atoms with Crippen LogP contribution < -0.4 is 0 Å². The Bertz CT molecular complexity index is 589. The van der Waals surface area contributed by atoms with Crippen LogP contribution in [0.3, 0.4) is 0 Å². The molecule has 0 amide bonds. The molecule has 18 heavy (non-hydrogen) atoms. The summed E-state index contributed by atoms with van der Waals surface area (Å²) in [7, 11) is 4.03. The molecule has 0 saturated carbocycles. The summed E-state index contributed by atoms with van der Waals surface area (Å²) < 4.78 is 2.08. The average Bonchev–Trinajstić information content (AvgIpc) is 2.60. The van der Waals surface area contributed by atoms with Crippen molar-refractivity contribution in [3.05, 3.63) is 34.1 Å². The molecule has 96 valence electrons. The first-order valence-electron chi connectivity index (χ1n) is 5.75. The number of non-ortho nitro benzene ring substituents is 1. The first kappa shape index (κ1) is 12.5. The quantitative estimate of drug-likeness (QED) is 0.611. The largest absolute Gasteiger partial charge is 0.327 e. The number of hydrogen-bond donors (Lipinski definition) is 0. The Labute approximate surface area is 105 Å². The Morgan fingerprint density at radius 3 is 2.78 bits per heavy atom. The zero-order valence-corrected chi connectivity index (χ0v) is 10.8. The van der Waals surface area contributed by atoms with E-state index in [1.165, 1.54) is 12.1 Å². The lowest BCUT2D eigenvalue weighted by Crippen LogP contribution is -2.18. The fourth-order valence-electron chi connectivity index (χ4n) is 1.93. The minimum atomic E-state index is -0.395. The van der Waals surface area contributed by atoms with Crippen LogP contribution in [-0.4, -0.2) is 40.0 Å². The van der Waals surface area contributed by atoms with E-state index in [1.807, 2.05) is 21.0 Å². The Morgan fingerprint density at radius 1 is 1.44 bits per heavy atom. The maximum absolute atomic E-state index is 10.7. The lowest BCUT2D eigenvalue weighted by molar-refractivity contribution is -0.384. The van der Waals surface area contributed by atoms with Gasteiger partial charge in [0, 0.05) is 25.2 Å². The summed E-state index contributed by atoms with van der Waals surface area (Å²) in [6.45, 7) is 3.65. The monoisotopic (exact) mass is 248 g/mol. The van der Waals surface area contributed by atoms with Gasteiger partial charge >= 0.3 is 0 Å². The molecule has 0 spiro atoms. The van der Waals surface area contributed by atoms with Crippen molar-refractivity contribution in [2.24, 2.45) is 0 Å². The molecule has 0 bridgehead atoms. The van der Waals surface area contributed by atoms with Crippen LogP contribution in [0.4, 0.5) is 5.69 Å². The van der Waals surface area contributed by atoms with Crippen LogP contribution in [0.1, 0.15) is 5.82 Å². The molecule has 0 unspecified atom stereocenters. The summed E-state index contributed by atoms with van der Waals surface area (Å²) in [4.78, 5) is 16.8.